The van der Waals surface area contributed by atoms with Crippen molar-refractivity contribution in [3.8, 4) is 0 Å². The molecule has 0 fully saturated rings. The predicted molar refractivity (Wildman–Crippen MR) is 105 cm³/mol. The summed E-state index contributed by atoms with van der Waals surface area (Å²) in [5, 5.41) is 7.37. The van der Waals surface area contributed by atoms with E-state index in [0.29, 0.717) is 15.5 Å². The highest BCUT2D eigenvalue weighted by Crippen LogP contribution is 2.33. The molecule has 0 aliphatic heterocycles. The van der Waals surface area contributed by atoms with Crippen LogP contribution in [-0.2, 0) is 6.54 Å². The first-order valence-corrected chi connectivity index (χ1v) is 9.93. The second-order valence-electron chi connectivity index (χ2n) is 4.91. The molecule has 4 nitrogen and oxygen atoms in total. The summed E-state index contributed by atoms with van der Waals surface area (Å²) >= 11 is 20.1. The highest BCUT2D eigenvalue weighted by molar-refractivity contribution is 9.13. The zero-order valence-corrected chi connectivity index (χ0v) is 17.7. The van der Waals surface area contributed by atoms with Crippen LogP contribution in [0.5, 0.6) is 0 Å². The van der Waals surface area contributed by atoms with Crippen molar-refractivity contribution in [3.63, 3.8) is 0 Å². The van der Waals surface area contributed by atoms with Crippen LogP contribution in [0.2, 0.25) is 10.0 Å². The molecule has 0 unspecified atom stereocenters. The molecule has 10 heteroatoms. The molecule has 0 bridgehead atoms. The molecule has 0 saturated carbocycles. The van der Waals surface area contributed by atoms with Crippen LogP contribution in [0.3, 0.4) is 0 Å². The summed E-state index contributed by atoms with van der Waals surface area (Å²) in [5.41, 5.74) is 0.298. The van der Waals surface area contributed by atoms with Crippen LogP contribution in [0.25, 0.3) is 0 Å². The van der Waals surface area contributed by atoms with Crippen molar-refractivity contribution in [2.75, 3.05) is 5.32 Å². The largest absolute Gasteiger partial charge is 0.303 e. The number of hydrogen-bond donors (Lipinski definition) is 1. The number of anilines is 1. The van der Waals surface area contributed by atoms with Gasteiger partial charge in [-0.2, -0.15) is 5.10 Å². The van der Waals surface area contributed by atoms with Gasteiger partial charge in [0.25, 0.3) is 5.91 Å². The average molecular weight is 528 g/mol. The van der Waals surface area contributed by atoms with Crippen molar-refractivity contribution < 1.29 is 9.18 Å². The van der Waals surface area contributed by atoms with Gasteiger partial charge >= 0.3 is 0 Å². The fourth-order valence-electron chi connectivity index (χ4n) is 2.04. The number of aromatic nitrogens is 2. The summed E-state index contributed by atoms with van der Waals surface area (Å²) in [7, 11) is 0. The van der Waals surface area contributed by atoms with Gasteiger partial charge < -0.3 is 5.32 Å². The average Bonchev–Trinajstić information content (AvgIpc) is 3.06. The van der Waals surface area contributed by atoms with E-state index < -0.39 is 5.82 Å². The molecule has 1 N–H and O–H groups in total. The molecular weight excluding hydrogens is 520 g/mol. The normalized spacial score (nSPS) is 10.9. The van der Waals surface area contributed by atoms with Crippen molar-refractivity contribution in [2.24, 2.45) is 0 Å². The summed E-state index contributed by atoms with van der Waals surface area (Å²) in [4.78, 5) is 12.8. The van der Waals surface area contributed by atoms with E-state index >= 15 is 0 Å². The molecule has 0 saturated heterocycles. The van der Waals surface area contributed by atoms with E-state index in [4.69, 9.17) is 23.2 Å². The maximum atomic E-state index is 13.9. The lowest BCUT2D eigenvalue weighted by Crippen LogP contribution is -2.12. The van der Waals surface area contributed by atoms with Crippen molar-refractivity contribution in [3.05, 3.63) is 65.0 Å². The predicted octanol–water partition coefficient (Wildman–Crippen LogP) is 6.22. The molecule has 0 aliphatic carbocycles. The summed E-state index contributed by atoms with van der Waals surface area (Å²) < 4.78 is 16.9. The number of carbonyl (C=O) groups excluding carboxylic acids is 1. The minimum Gasteiger partial charge on any atom is -0.303 e. The summed E-state index contributed by atoms with van der Waals surface area (Å²) in [5.74, 6) is -0.578. The number of nitrogens with one attached hydrogen (secondary N) is 1. The molecule has 0 atom stereocenters. The van der Waals surface area contributed by atoms with Gasteiger partial charge in [0.15, 0.2) is 5.82 Å². The number of halogens is 5. The van der Waals surface area contributed by atoms with E-state index in [1.54, 1.807) is 12.1 Å². The zero-order valence-electron chi connectivity index (χ0n) is 12.2. The Bertz CT molecular complexity index is 921. The second kappa shape index (κ2) is 7.75. The third-order valence-electron chi connectivity index (χ3n) is 3.20. The molecule has 0 aliphatic rings. The molecule has 3 aromatic rings. The van der Waals surface area contributed by atoms with Gasteiger partial charge in [0.2, 0.25) is 0 Å². The summed E-state index contributed by atoms with van der Waals surface area (Å²) in [6.45, 7) is 0.0944. The molecule has 25 heavy (non-hydrogen) atoms. The van der Waals surface area contributed by atoms with Crippen LogP contribution in [-0.4, -0.2) is 15.7 Å². The molecule has 130 valence electrons. The number of benzene rings is 1. The van der Waals surface area contributed by atoms with Crippen LogP contribution in [0.4, 0.5) is 10.2 Å². The molecule has 3 rings (SSSR count). The summed E-state index contributed by atoms with van der Waals surface area (Å²) in [6, 6.07) is 6.13. The fraction of sp³-hybridized carbons (Fsp3) is 0.0667. The van der Waals surface area contributed by atoms with E-state index in [-0.39, 0.29) is 23.3 Å². The van der Waals surface area contributed by atoms with Crippen LogP contribution in [0, 0.1) is 5.82 Å². The molecule has 2 aromatic heterocycles. The minimum atomic E-state index is -0.432. The van der Waals surface area contributed by atoms with Crippen LogP contribution in [0.1, 0.15) is 15.2 Å². The van der Waals surface area contributed by atoms with Gasteiger partial charge in [-0.25, -0.2) is 4.39 Å². The van der Waals surface area contributed by atoms with E-state index in [1.165, 1.54) is 34.3 Å². The lowest BCUT2D eigenvalue weighted by molar-refractivity contribution is 0.103. The number of hydrogen-bond acceptors (Lipinski definition) is 3. The van der Waals surface area contributed by atoms with Crippen molar-refractivity contribution in [1.82, 2.24) is 9.78 Å². The van der Waals surface area contributed by atoms with Gasteiger partial charge in [0.1, 0.15) is 10.8 Å². The Morgan fingerprint density at radius 2 is 2.08 bits per heavy atom. The quantitative estimate of drug-likeness (QED) is 0.438. The maximum Gasteiger partial charge on any atom is 0.267 e. The van der Waals surface area contributed by atoms with Crippen molar-refractivity contribution in [2.45, 2.75) is 6.54 Å². The van der Waals surface area contributed by atoms with Gasteiger partial charge in [-0.05, 0) is 50.1 Å². The smallest absolute Gasteiger partial charge is 0.267 e. The second-order valence-corrected chi connectivity index (χ2v) is 8.95. The third-order valence-corrected chi connectivity index (χ3v) is 7.09. The van der Waals surface area contributed by atoms with Crippen LogP contribution < -0.4 is 5.32 Å². The maximum absolute atomic E-state index is 13.9. The third kappa shape index (κ3) is 4.25. The lowest BCUT2D eigenvalue weighted by atomic mass is 10.2. The van der Waals surface area contributed by atoms with Gasteiger partial charge in [-0.3, -0.25) is 9.48 Å². The number of nitrogens with zero attached hydrogens (tertiary/aromatic N) is 2. The van der Waals surface area contributed by atoms with E-state index in [2.05, 4.69) is 42.3 Å². The molecule has 2 heterocycles. The first-order valence-electron chi connectivity index (χ1n) is 6.77. The van der Waals surface area contributed by atoms with Gasteiger partial charge in [-0.15, -0.1) is 11.3 Å². The Kier molecular flexibility index (Phi) is 5.85. The van der Waals surface area contributed by atoms with Crippen LogP contribution in [0.15, 0.2) is 38.7 Å². The Morgan fingerprint density at radius 1 is 1.32 bits per heavy atom. The number of amides is 1. The standard InChI is InChI=1S/C15H8Br2Cl2FN3OS/c16-8-4-12(25-13(8)17)15(24)21-14-10(19)6-23(22-14)5-7-9(18)2-1-3-11(7)20/h1-4,6H,5H2,(H,21,22,24). The van der Waals surface area contributed by atoms with E-state index in [0.717, 1.165) is 8.26 Å². The first kappa shape index (κ1) is 18.8. The summed E-state index contributed by atoms with van der Waals surface area (Å²) in [6.07, 6.45) is 1.50. The zero-order chi connectivity index (χ0) is 18.1. The van der Waals surface area contributed by atoms with E-state index in [9.17, 15) is 9.18 Å². The topological polar surface area (TPSA) is 46.9 Å². The van der Waals surface area contributed by atoms with Gasteiger partial charge in [0.05, 0.1) is 15.2 Å². The Morgan fingerprint density at radius 3 is 2.72 bits per heavy atom. The fourth-order valence-corrected chi connectivity index (χ4v) is 4.39. The van der Waals surface area contributed by atoms with E-state index in [1.807, 2.05) is 0 Å². The van der Waals surface area contributed by atoms with Gasteiger partial charge in [0, 0.05) is 21.3 Å². The highest BCUT2D eigenvalue weighted by Gasteiger charge is 2.17. The number of thiophene rings is 1. The molecule has 1 aromatic carbocycles. The lowest BCUT2D eigenvalue weighted by Gasteiger charge is -2.05. The Hall–Kier alpha value is -0.930. The van der Waals surface area contributed by atoms with Gasteiger partial charge in [-0.1, -0.05) is 29.3 Å². The monoisotopic (exact) mass is 525 g/mol. The van der Waals surface area contributed by atoms with Crippen molar-refractivity contribution in [1.29, 1.82) is 0 Å². The molecular formula is C15H8Br2Cl2FN3OS. The van der Waals surface area contributed by atoms with Crippen molar-refractivity contribution >= 4 is 78.1 Å². The highest BCUT2D eigenvalue weighted by atomic mass is 79.9. The molecule has 0 spiro atoms. The Balaban J connectivity index is 1.79. The van der Waals surface area contributed by atoms with Crippen LogP contribution >= 0.6 is 66.4 Å². The number of rotatable bonds is 4. The Labute approximate surface area is 173 Å². The number of carbonyl (C=O) groups is 1. The molecule has 0 radical (unpaired) electrons. The molecule has 1 amide bonds. The minimum absolute atomic E-state index is 0.0944. The SMILES string of the molecule is O=C(Nc1nn(Cc2c(F)cccc2Cl)cc1Cl)c1cc(Br)c(Br)s1. The first-order chi connectivity index (χ1) is 11.8.